The number of hydrogen-bond donors (Lipinski definition) is 0. The fraction of sp³-hybridized carbons (Fsp3) is 1.00. The maximum absolute atomic E-state index is 6.00. The summed E-state index contributed by atoms with van der Waals surface area (Å²) in [4.78, 5) is 7.22. The van der Waals surface area contributed by atoms with E-state index in [4.69, 9.17) is 4.43 Å². The molecule has 0 saturated heterocycles. The fourth-order valence-corrected chi connectivity index (χ4v) is 5.51. The van der Waals surface area contributed by atoms with Crippen LogP contribution in [0.4, 0.5) is 0 Å². The lowest BCUT2D eigenvalue weighted by atomic mass is 10.3. The molecular formula is C16H39N3OSi. The zero-order valence-corrected chi connectivity index (χ0v) is 16.6. The van der Waals surface area contributed by atoms with Gasteiger partial charge in [0, 0.05) is 13.3 Å². The Balaban J connectivity index is 4.46. The minimum atomic E-state index is -1.54. The molecule has 0 radical (unpaired) electrons. The van der Waals surface area contributed by atoms with Crippen molar-refractivity contribution in [2.24, 2.45) is 0 Å². The zero-order chi connectivity index (χ0) is 16.3. The topological polar surface area (TPSA) is 19.0 Å². The second-order valence-corrected chi connectivity index (χ2v) is 11.2. The third kappa shape index (κ3) is 9.63. The van der Waals surface area contributed by atoms with E-state index in [2.05, 4.69) is 56.7 Å². The monoisotopic (exact) mass is 317 g/mol. The molecule has 0 saturated carbocycles. The molecule has 0 aliphatic rings. The molecule has 0 aromatic rings. The van der Waals surface area contributed by atoms with E-state index < -0.39 is 8.32 Å². The molecule has 4 nitrogen and oxygen atoms in total. The second-order valence-electron chi connectivity index (χ2n) is 6.68. The van der Waals surface area contributed by atoms with Crippen LogP contribution in [-0.2, 0) is 4.43 Å². The molecule has 0 unspecified atom stereocenters. The van der Waals surface area contributed by atoms with Crippen LogP contribution in [0.25, 0.3) is 0 Å². The summed E-state index contributed by atoms with van der Waals surface area (Å²) >= 11 is 0. The highest BCUT2D eigenvalue weighted by molar-refractivity contribution is 6.73. The molecule has 0 rings (SSSR count). The van der Waals surface area contributed by atoms with Crippen LogP contribution in [0.2, 0.25) is 12.1 Å². The molecule has 0 aliphatic heterocycles. The van der Waals surface area contributed by atoms with E-state index in [9.17, 15) is 0 Å². The van der Waals surface area contributed by atoms with Crippen LogP contribution >= 0.6 is 0 Å². The van der Waals surface area contributed by atoms with Gasteiger partial charge < -0.3 is 19.1 Å². The first-order valence-corrected chi connectivity index (χ1v) is 11.0. The van der Waals surface area contributed by atoms with Crippen molar-refractivity contribution < 1.29 is 4.43 Å². The molecule has 128 valence electrons. The predicted molar refractivity (Wildman–Crippen MR) is 96.5 cm³/mol. The molecule has 0 atom stereocenters. The third-order valence-electron chi connectivity index (χ3n) is 4.39. The molecule has 0 N–H and O–H groups in total. The highest BCUT2D eigenvalue weighted by atomic mass is 28.4. The van der Waals surface area contributed by atoms with Gasteiger partial charge in [0.15, 0.2) is 0 Å². The SMILES string of the molecule is CC[Si](CC)(CN(CCCN(C)C)CCCN(C)C)OC. The van der Waals surface area contributed by atoms with Crippen LogP contribution in [0.15, 0.2) is 0 Å². The maximum Gasteiger partial charge on any atom is 0.205 e. The summed E-state index contributed by atoms with van der Waals surface area (Å²) in [7, 11) is 9.01. The maximum atomic E-state index is 6.00. The van der Waals surface area contributed by atoms with Gasteiger partial charge in [-0.05, 0) is 79.3 Å². The van der Waals surface area contributed by atoms with Gasteiger partial charge in [-0.1, -0.05) is 13.8 Å². The number of hydrogen-bond acceptors (Lipinski definition) is 4. The van der Waals surface area contributed by atoms with E-state index in [1.807, 2.05) is 7.11 Å². The fourth-order valence-electron chi connectivity index (χ4n) is 2.73. The first-order chi connectivity index (χ1) is 9.89. The molecule has 5 heteroatoms. The van der Waals surface area contributed by atoms with E-state index in [-0.39, 0.29) is 0 Å². The molecule has 0 aliphatic carbocycles. The Kier molecular flexibility index (Phi) is 11.6. The van der Waals surface area contributed by atoms with Gasteiger partial charge in [-0.3, -0.25) is 0 Å². The van der Waals surface area contributed by atoms with Gasteiger partial charge in [-0.15, -0.1) is 0 Å². The molecule has 0 amide bonds. The Morgan fingerprint density at radius 3 is 1.48 bits per heavy atom. The van der Waals surface area contributed by atoms with Crippen LogP contribution in [0, 0.1) is 0 Å². The molecule has 0 bridgehead atoms. The summed E-state index contributed by atoms with van der Waals surface area (Å²) in [6.07, 6.45) is 3.69. The van der Waals surface area contributed by atoms with Crippen molar-refractivity contribution in [2.45, 2.75) is 38.8 Å². The molecule has 0 heterocycles. The van der Waals surface area contributed by atoms with E-state index in [0.29, 0.717) is 0 Å². The lowest BCUT2D eigenvalue weighted by molar-refractivity contribution is 0.250. The highest BCUT2D eigenvalue weighted by Crippen LogP contribution is 2.18. The van der Waals surface area contributed by atoms with Crippen molar-refractivity contribution in [3.63, 3.8) is 0 Å². The van der Waals surface area contributed by atoms with Crippen LogP contribution < -0.4 is 0 Å². The van der Waals surface area contributed by atoms with E-state index in [1.165, 1.54) is 57.3 Å². The Bertz CT molecular complexity index is 223. The van der Waals surface area contributed by atoms with Crippen LogP contribution in [-0.4, -0.2) is 90.7 Å². The summed E-state index contributed by atoms with van der Waals surface area (Å²) in [5.74, 6) is 0. The summed E-state index contributed by atoms with van der Waals surface area (Å²) < 4.78 is 6.00. The van der Waals surface area contributed by atoms with Crippen LogP contribution in [0.5, 0.6) is 0 Å². The van der Waals surface area contributed by atoms with Crippen LogP contribution in [0.1, 0.15) is 26.7 Å². The smallest absolute Gasteiger partial charge is 0.205 e. The normalized spacial score (nSPS) is 12.9. The summed E-state index contributed by atoms with van der Waals surface area (Å²) in [6, 6.07) is 2.44. The zero-order valence-electron chi connectivity index (χ0n) is 15.6. The van der Waals surface area contributed by atoms with Crippen molar-refractivity contribution in [1.29, 1.82) is 0 Å². The van der Waals surface area contributed by atoms with Gasteiger partial charge in [0.05, 0.1) is 0 Å². The Morgan fingerprint density at radius 1 is 0.762 bits per heavy atom. The van der Waals surface area contributed by atoms with Gasteiger partial charge in [-0.2, -0.15) is 0 Å². The molecule has 0 aromatic carbocycles. The van der Waals surface area contributed by atoms with E-state index in [0.717, 1.165) is 0 Å². The molecule has 21 heavy (non-hydrogen) atoms. The standard InChI is InChI=1S/C16H39N3OSi/c1-8-21(9-2,20-7)16-19(14-10-12-17(3)4)15-11-13-18(5)6/h8-16H2,1-7H3. The predicted octanol–water partition coefficient (Wildman–Crippen LogP) is 2.36. The Hall–Kier alpha value is 0.0569. The van der Waals surface area contributed by atoms with Crippen molar-refractivity contribution >= 4 is 8.32 Å². The Morgan fingerprint density at radius 2 is 1.19 bits per heavy atom. The summed E-state index contributed by atoms with van der Waals surface area (Å²) in [5, 5.41) is 0. The van der Waals surface area contributed by atoms with Gasteiger partial charge in [0.25, 0.3) is 0 Å². The molecule has 0 fully saturated rings. The largest absolute Gasteiger partial charge is 0.419 e. The van der Waals surface area contributed by atoms with Crippen LogP contribution in [0.3, 0.4) is 0 Å². The van der Waals surface area contributed by atoms with Crippen molar-refractivity contribution in [2.75, 3.05) is 67.6 Å². The third-order valence-corrected chi connectivity index (χ3v) is 8.86. The first-order valence-electron chi connectivity index (χ1n) is 8.46. The van der Waals surface area contributed by atoms with Crippen molar-refractivity contribution in [3.05, 3.63) is 0 Å². The Labute approximate surface area is 134 Å². The number of nitrogens with zero attached hydrogens (tertiary/aromatic N) is 3. The molecule has 0 spiro atoms. The quantitative estimate of drug-likeness (QED) is 0.485. The van der Waals surface area contributed by atoms with Gasteiger partial charge in [-0.25, -0.2) is 0 Å². The average molecular weight is 318 g/mol. The lowest BCUT2D eigenvalue weighted by Gasteiger charge is -2.34. The summed E-state index contributed by atoms with van der Waals surface area (Å²) in [5.41, 5.74) is 0. The minimum Gasteiger partial charge on any atom is -0.419 e. The number of rotatable bonds is 13. The van der Waals surface area contributed by atoms with Crippen molar-refractivity contribution in [3.8, 4) is 0 Å². The first kappa shape index (κ1) is 21.1. The highest BCUT2D eigenvalue weighted by Gasteiger charge is 2.31. The van der Waals surface area contributed by atoms with E-state index >= 15 is 0 Å². The second kappa shape index (κ2) is 11.6. The van der Waals surface area contributed by atoms with Gasteiger partial charge in [0.1, 0.15) is 0 Å². The molecule has 0 aromatic heterocycles. The lowest BCUT2D eigenvalue weighted by Crippen LogP contribution is -2.49. The average Bonchev–Trinajstić information content (AvgIpc) is 2.43. The van der Waals surface area contributed by atoms with Crippen molar-refractivity contribution in [1.82, 2.24) is 14.7 Å². The van der Waals surface area contributed by atoms with Gasteiger partial charge >= 0.3 is 0 Å². The van der Waals surface area contributed by atoms with Gasteiger partial charge in [0.2, 0.25) is 8.32 Å². The molecular weight excluding hydrogens is 278 g/mol. The van der Waals surface area contributed by atoms with E-state index in [1.54, 1.807) is 0 Å². The minimum absolute atomic E-state index is 1.17. The summed E-state index contributed by atoms with van der Waals surface area (Å²) in [6.45, 7) is 9.34.